The quantitative estimate of drug-likeness (QED) is 0.587. The normalized spacial score (nSPS) is 19.4. The molecule has 1 saturated carbocycles. The van der Waals surface area contributed by atoms with Crippen molar-refractivity contribution in [2.45, 2.75) is 64.3 Å². The third-order valence-corrected chi connectivity index (χ3v) is 4.09. The molecule has 0 saturated heterocycles. The minimum Gasteiger partial charge on any atom is -0.353 e. The van der Waals surface area contributed by atoms with E-state index in [1.165, 1.54) is 32.1 Å². The van der Waals surface area contributed by atoms with E-state index >= 15 is 0 Å². The van der Waals surface area contributed by atoms with E-state index in [1.54, 1.807) is 0 Å². The molecule has 1 N–H and O–H groups in total. The summed E-state index contributed by atoms with van der Waals surface area (Å²) in [5.74, 6) is 0.952. The minimum absolute atomic E-state index is 0.235. The number of rotatable bonds is 6. The number of halogens is 1. The van der Waals surface area contributed by atoms with Gasteiger partial charge in [-0.15, -0.1) is 0 Å². The van der Waals surface area contributed by atoms with Crippen molar-refractivity contribution in [3.8, 4) is 0 Å². The first kappa shape index (κ1) is 14.0. The monoisotopic (exact) mass is 289 g/mol. The van der Waals surface area contributed by atoms with Gasteiger partial charge in [0.25, 0.3) is 0 Å². The maximum absolute atomic E-state index is 11.6. The maximum Gasteiger partial charge on any atom is 0.220 e. The van der Waals surface area contributed by atoms with Crippen molar-refractivity contribution in [2.75, 3.05) is 5.33 Å². The van der Waals surface area contributed by atoms with E-state index in [0.717, 1.165) is 18.2 Å². The summed E-state index contributed by atoms with van der Waals surface area (Å²) >= 11 is 3.38. The number of carbonyl (C=O) groups excluding carboxylic acids is 1. The van der Waals surface area contributed by atoms with E-state index < -0.39 is 0 Å². The molecule has 0 heterocycles. The van der Waals surface area contributed by atoms with Gasteiger partial charge in [-0.05, 0) is 38.5 Å². The van der Waals surface area contributed by atoms with Gasteiger partial charge in [0, 0.05) is 17.8 Å². The van der Waals surface area contributed by atoms with Gasteiger partial charge in [-0.3, -0.25) is 4.79 Å². The summed E-state index contributed by atoms with van der Waals surface area (Å²) < 4.78 is 0. The summed E-state index contributed by atoms with van der Waals surface area (Å²) in [5.41, 5.74) is 0. The lowest BCUT2D eigenvalue weighted by Gasteiger charge is -2.28. The van der Waals surface area contributed by atoms with Crippen molar-refractivity contribution in [1.29, 1.82) is 0 Å². The molecule has 1 rings (SSSR count). The Kier molecular flexibility index (Phi) is 7.10. The second kappa shape index (κ2) is 8.10. The number of nitrogens with one attached hydrogen (secondary N) is 1. The highest BCUT2D eigenvalue weighted by molar-refractivity contribution is 9.09. The van der Waals surface area contributed by atoms with E-state index in [9.17, 15) is 4.79 Å². The molecule has 16 heavy (non-hydrogen) atoms. The fourth-order valence-corrected chi connectivity index (χ4v) is 2.85. The van der Waals surface area contributed by atoms with Crippen LogP contribution in [0.4, 0.5) is 0 Å². The molecule has 0 aromatic heterocycles. The van der Waals surface area contributed by atoms with Crippen molar-refractivity contribution in [2.24, 2.45) is 5.92 Å². The minimum atomic E-state index is 0.235. The standard InChI is InChI=1S/C13H24BrNO/c1-11(12-7-3-2-4-8-12)15-13(16)9-5-6-10-14/h11-12H,2-10H2,1H3,(H,15,16). The number of unbranched alkanes of at least 4 members (excludes halogenated alkanes) is 1. The molecular weight excluding hydrogens is 266 g/mol. The van der Waals surface area contributed by atoms with Gasteiger partial charge in [-0.1, -0.05) is 35.2 Å². The molecule has 0 aliphatic heterocycles. The third-order valence-electron chi connectivity index (χ3n) is 3.53. The zero-order chi connectivity index (χ0) is 11.8. The zero-order valence-electron chi connectivity index (χ0n) is 10.3. The van der Waals surface area contributed by atoms with Gasteiger partial charge < -0.3 is 5.32 Å². The van der Waals surface area contributed by atoms with Crippen LogP contribution >= 0.6 is 15.9 Å². The Labute approximate surface area is 108 Å². The Hall–Kier alpha value is -0.0500. The molecule has 1 aliphatic carbocycles. The first-order valence-corrected chi connectivity index (χ1v) is 7.71. The highest BCUT2D eigenvalue weighted by Crippen LogP contribution is 2.26. The molecule has 1 fully saturated rings. The molecule has 0 aromatic carbocycles. The second-order valence-electron chi connectivity index (χ2n) is 4.90. The first-order valence-electron chi connectivity index (χ1n) is 6.59. The molecule has 0 radical (unpaired) electrons. The van der Waals surface area contributed by atoms with Gasteiger partial charge in [0.2, 0.25) is 5.91 Å². The summed E-state index contributed by atoms with van der Waals surface area (Å²) in [6.07, 6.45) is 9.42. The first-order chi connectivity index (χ1) is 7.74. The molecule has 94 valence electrons. The van der Waals surface area contributed by atoms with Gasteiger partial charge in [-0.25, -0.2) is 0 Å². The Morgan fingerprint density at radius 3 is 2.62 bits per heavy atom. The molecule has 0 aromatic rings. The molecule has 0 bridgehead atoms. The van der Waals surface area contributed by atoms with Gasteiger partial charge in [-0.2, -0.15) is 0 Å². The Morgan fingerprint density at radius 1 is 1.31 bits per heavy atom. The van der Waals surface area contributed by atoms with Crippen molar-refractivity contribution in [3.63, 3.8) is 0 Å². The number of carbonyl (C=O) groups is 1. The Bertz CT molecular complexity index is 202. The molecule has 1 aliphatic rings. The van der Waals surface area contributed by atoms with Gasteiger partial charge in [0.1, 0.15) is 0 Å². The second-order valence-corrected chi connectivity index (χ2v) is 5.69. The van der Waals surface area contributed by atoms with E-state index in [2.05, 4.69) is 28.2 Å². The van der Waals surface area contributed by atoms with Crippen LogP contribution < -0.4 is 5.32 Å². The molecule has 3 heteroatoms. The number of alkyl halides is 1. The van der Waals surface area contributed by atoms with E-state index in [4.69, 9.17) is 0 Å². The summed E-state index contributed by atoms with van der Waals surface area (Å²) in [7, 11) is 0. The topological polar surface area (TPSA) is 29.1 Å². The molecule has 0 spiro atoms. The molecule has 1 amide bonds. The lowest BCUT2D eigenvalue weighted by molar-refractivity contribution is -0.122. The van der Waals surface area contributed by atoms with E-state index in [1.807, 2.05) is 0 Å². The van der Waals surface area contributed by atoms with Crippen molar-refractivity contribution in [3.05, 3.63) is 0 Å². The van der Waals surface area contributed by atoms with Crippen molar-refractivity contribution >= 4 is 21.8 Å². The highest BCUT2D eigenvalue weighted by atomic mass is 79.9. The van der Waals surface area contributed by atoms with Crippen LogP contribution in [-0.4, -0.2) is 17.3 Å². The van der Waals surface area contributed by atoms with Crippen molar-refractivity contribution < 1.29 is 4.79 Å². The highest BCUT2D eigenvalue weighted by Gasteiger charge is 2.20. The van der Waals surface area contributed by atoms with Crippen LogP contribution in [0.15, 0.2) is 0 Å². The van der Waals surface area contributed by atoms with Crippen LogP contribution in [0.3, 0.4) is 0 Å². The average molecular weight is 290 g/mol. The van der Waals surface area contributed by atoms with E-state index in [0.29, 0.717) is 18.4 Å². The SMILES string of the molecule is CC(NC(=O)CCCCBr)C1CCCCC1. The van der Waals surface area contributed by atoms with Gasteiger partial charge in [0.05, 0.1) is 0 Å². The molecule has 2 nitrogen and oxygen atoms in total. The number of hydrogen-bond acceptors (Lipinski definition) is 1. The predicted octanol–water partition coefficient (Wildman–Crippen LogP) is 3.64. The fraction of sp³-hybridized carbons (Fsp3) is 0.923. The summed E-state index contributed by atoms with van der Waals surface area (Å²) in [6.45, 7) is 2.17. The number of amides is 1. The Morgan fingerprint density at radius 2 is 2.00 bits per heavy atom. The fourth-order valence-electron chi connectivity index (χ4n) is 2.46. The van der Waals surface area contributed by atoms with Crippen LogP contribution in [0.5, 0.6) is 0 Å². The lowest BCUT2D eigenvalue weighted by atomic mass is 9.84. The van der Waals surface area contributed by atoms with Crippen LogP contribution in [0.2, 0.25) is 0 Å². The number of hydrogen-bond donors (Lipinski definition) is 1. The maximum atomic E-state index is 11.6. The van der Waals surface area contributed by atoms with E-state index in [-0.39, 0.29) is 5.91 Å². The lowest BCUT2D eigenvalue weighted by Crippen LogP contribution is -2.38. The molecular formula is C13H24BrNO. The smallest absolute Gasteiger partial charge is 0.220 e. The summed E-state index contributed by atoms with van der Waals surface area (Å²) in [5, 5.41) is 4.15. The summed E-state index contributed by atoms with van der Waals surface area (Å²) in [6, 6.07) is 0.372. The van der Waals surface area contributed by atoms with Crippen LogP contribution in [0.25, 0.3) is 0 Å². The molecule has 1 atom stereocenters. The average Bonchev–Trinajstić information content (AvgIpc) is 2.30. The largest absolute Gasteiger partial charge is 0.353 e. The van der Waals surface area contributed by atoms with Crippen LogP contribution in [0, 0.1) is 5.92 Å². The third kappa shape index (κ3) is 5.33. The van der Waals surface area contributed by atoms with Crippen LogP contribution in [-0.2, 0) is 4.79 Å². The van der Waals surface area contributed by atoms with Gasteiger partial charge >= 0.3 is 0 Å². The summed E-state index contributed by atoms with van der Waals surface area (Å²) in [4.78, 5) is 11.6. The predicted molar refractivity (Wildman–Crippen MR) is 71.8 cm³/mol. The van der Waals surface area contributed by atoms with Gasteiger partial charge in [0.15, 0.2) is 0 Å². The van der Waals surface area contributed by atoms with Crippen molar-refractivity contribution in [1.82, 2.24) is 5.32 Å². The zero-order valence-corrected chi connectivity index (χ0v) is 11.9. The molecule has 1 unspecified atom stereocenters. The van der Waals surface area contributed by atoms with Crippen LogP contribution in [0.1, 0.15) is 58.3 Å². The Balaban J connectivity index is 2.16.